The third-order valence-corrected chi connectivity index (χ3v) is 6.89. The second-order valence-corrected chi connectivity index (χ2v) is 9.44. The number of aromatic nitrogens is 3. The molecule has 0 radical (unpaired) electrons. The SMILES string of the molecule is COc1ccc(-c2ncnc3c(C(=O)NC4CCN(C(C)=O)CC4)c(C)[nH]c23)c(OCC2CC2)c1. The van der Waals surface area contributed by atoms with Crippen LogP contribution in [-0.2, 0) is 4.79 Å². The molecule has 3 heterocycles. The van der Waals surface area contributed by atoms with E-state index in [0.717, 1.165) is 24.1 Å². The number of nitrogens with zero attached hydrogens (tertiary/aromatic N) is 3. The van der Waals surface area contributed by atoms with Gasteiger partial charge in [-0.2, -0.15) is 0 Å². The Bertz CT molecular complexity index is 1260. The molecule has 3 aromatic rings. The number of aryl methyl sites for hydroxylation is 1. The van der Waals surface area contributed by atoms with Gasteiger partial charge >= 0.3 is 0 Å². The van der Waals surface area contributed by atoms with Crippen LogP contribution in [-0.4, -0.2) is 64.5 Å². The molecule has 1 aliphatic heterocycles. The Kier molecular flexibility index (Phi) is 6.32. The predicted molar refractivity (Wildman–Crippen MR) is 132 cm³/mol. The van der Waals surface area contributed by atoms with Crippen molar-refractivity contribution in [1.29, 1.82) is 0 Å². The topological polar surface area (TPSA) is 109 Å². The normalized spacial score (nSPS) is 16.4. The lowest BCUT2D eigenvalue weighted by atomic mass is 10.0. The van der Waals surface area contributed by atoms with Gasteiger partial charge in [-0.15, -0.1) is 0 Å². The number of nitrogens with one attached hydrogen (secondary N) is 2. The summed E-state index contributed by atoms with van der Waals surface area (Å²) < 4.78 is 11.6. The van der Waals surface area contributed by atoms with Crippen molar-refractivity contribution in [3.05, 3.63) is 35.8 Å². The number of hydrogen-bond donors (Lipinski definition) is 2. The number of rotatable bonds is 7. The van der Waals surface area contributed by atoms with E-state index in [9.17, 15) is 9.59 Å². The molecule has 0 unspecified atom stereocenters. The van der Waals surface area contributed by atoms with E-state index in [-0.39, 0.29) is 17.9 Å². The molecule has 2 aromatic heterocycles. The van der Waals surface area contributed by atoms with Crippen LogP contribution in [0.15, 0.2) is 24.5 Å². The first kappa shape index (κ1) is 23.1. The summed E-state index contributed by atoms with van der Waals surface area (Å²) in [6.07, 6.45) is 5.35. The van der Waals surface area contributed by atoms with E-state index >= 15 is 0 Å². The molecule has 1 saturated heterocycles. The third-order valence-electron chi connectivity index (χ3n) is 6.89. The number of likely N-dealkylation sites (tertiary alicyclic amines) is 1. The van der Waals surface area contributed by atoms with Crippen LogP contribution < -0.4 is 14.8 Å². The van der Waals surface area contributed by atoms with E-state index in [0.29, 0.717) is 59.4 Å². The molecule has 2 amide bonds. The van der Waals surface area contributed by atoms with Gasteiger partial charge in [-0.05, 0) is 50.7 Å². The first-order valence-electron chi connectivity index (χ1n) is 12.2. The molecule has 5 rings (SSSR count). The number of fused-ring (bicyclic) bond motifs is 1. The molecule has 1 saturated carbocycles. The predicted octanol–water partition coefficient (Wildman–Crippen LogP) is 3.47. The Morgan fingerprint density at radius 3 is 2.63 bits per heavy atom. The van der Waals surface area contributed by atoms with Crippen molar-refractivity contribution in [1.82, 2.24) is 25.2 Å². The highest BCUT2D eigenvalue weighted by Gasteiger charge is 2.27. The van der Waals surface area contributed by atoms with E-state index in [1.165, 1.54) is 19.2 Å². The zero-order valence-corrected chi connectivity index (χ0v) is 20.4. The monoisotopic (exact) mass is 477 g/mol. The lowest BCUT2D eigenvalue weighted by molar-refractivity contribution is -0.129. The van der Waals surface area contributed by atoms with Crippen molar-refractivity contribution in [3.63, 3.8) is 0 Å². The van der Waals surface area contributed by atoms with Crippen molar-refractivity contribution in [3.8, 4) is 22.8 Å². The van der Waals surface area contributed by atoms with Crippen molar-refractivity contribution >= 4 is 22.8 Å². The molecule has 0 bridgehead atoms. The molecule has 0 atom stereocenters. The maximum absolute atomic E-state index is 13.3. The number of carbonyl (C=O) groups excluding carboxylic acids is 2. The first-order valence-corrected chi connectivity index (χ1v) is 12.2. The van der Waals surface area contributed by atoms with Gasteiger partial charge in [-0.25, -0.2) is 9.97 Å². The van der Waals surface area contributed by atoms with Crippen LogP contribution in [0.1, 0.15) is 48.7 Å². The second kappa shape index (κ2) is 9.56. The van der Waals surface area contributed by atoms with Crippen LogP contribution in [0.5, 0.6) is 11.5 Å². The Hall–Kier alpha value is -3.62. The number of benzene rings is 1. The summed E-state index contributed by atoms with van der Waals surface area (Å²) in [6.45, 7) is 5.42. The van der Waals surface area contributed by atoms with Gasteiger partial charge in [0.15, 0.2) is 0 Å². The van der Waals surface area contributed by atoms with Gasteiger partial charge < -0.3 is 24.7 Å². The maximum Gasteiger partial charge on any atom is 0.255 e. The molecular formula is C26H31N5O4. The standard InChI is InChI=1S/C26H31N5O4/c1-15-22(26(33)30-18-8-10-31(11-9-18)16(2)32)24-25(29-15)23(27-14-28-24)20-7-6-19(34-3)12-21(20)35-13-17-4-5-17/h6-7,12,14,17-18,29H,4-5,8-11,13H2,1-3H3,(H,30,33). The quantitative estimate of drug-likeness (QED) is 0.539. The molecule has 1 aromatic carbocycles. The molecule has 2 fully saturated rings. The smallest absolute Gasteiger partial charge is 0.255 e. The number of carbonyl (C=O) groups is 2. The van der Waals surface area contributed by atoms with Gasteiger partial charge in [-0.3, -0.25) is 9.59 Å². The van der Waals surface area contributed by atoms with Gasteiger partial charge in [0.2, 0.25) is 5.91 Å². The molecule has 2 N–H and O–H groups in total. The molecule has 0 spiro atoms. The van der Waals surface area contributed by atoms with E-state index < -0.39 is 0 Å². The minimum absolute atomic E-state index is 0.0211. The summed E-state index contributed by atoms with van der Waals surface area (Å²) in [7, 11) is 1.63. The summed E-state index contributed by atoms with van der Waals surface area (Å²) in [5.41, 5.74) is 4.03. The van der Waals surface area contributed by atoms with Crippen LogP contribution in [0.25, 0.3) is 22.3 Å². The Morgan fingerprint density at radius 2 is 1.94 bits per heavy atom. The van der Waals surface area contributed by atoms with Crippen molar-refractivity contribution in [2.24, 2.45) is 5.92 Å². The summed E-state index contributed by atoms with van der Waals surface area (Å²) in [4.78, 5) is 39.1. The number of ether oxygens (including phenoxy) is 2. The fourth-order valence-electron chi connectivity index (χ4n) is 4.64. The third kappa shape index (κ3) is 4.80. The zero-order valence-electron chi connectivity index (χ0n) is 20.4. The zero-order chi connectivity index (χ0) is 24.5. The Morgan fingerprint density at radius 1 is 1.17 bits per heavy atom. The van der Waals surface area contributed by atoms with Crippen LogP contribution in [0.2, 0.25) is 0 Å². The fourth-order valence-corrected chi connectivity index (χ4v) is 4.64. The number of hydrogen-bond acceptors (Lipinski definition) is 6. The highest BCUT2D eigenvalue weighted by Crippen LogP contribution is 2.38. The molecule has 2 aliphatic rings. The number of piperidine rings is 1. The first-order chi connectivity index (χ1) is 16.9. The van der Waals surface area contributed by atoms with Gasteiger partial charge in [0.05, 0.1) is 24.8 Å². The minimum atomic E-state index is -0.167. The number of amides is 2. The highest BCUT2D eigenvalue weighted by molar-refractivity contribution is 6.09. The molecule has 1 aliphatic carbocycles. The molecule has 9 nitrogen and oxygen atoms in total. The maximum atomic E-state index is 13.3. The number of methoxy groups -OCH3 is 1. The number of H-pyrrole nitrogens is 1. The van der Waals surface area contributed by atoms with E-state index in [2.05, 4.69) is 20.3 Å². The average Bonchev–Trinajstić information content (AvgIpc) is 3.62. The fraction of sp³-hybridized carbons (Fsp3) is 0.462. The highest BCUT2D eigenvalue weighted by atomic mass is 16.5. The van der Waals surface area contributed by atoms with Crippen molar-refractivity contribution in [2.45, 2.75) is 45.6 Å². The van der Waals surface area contributed by atoms with Crippen molar-refractivity contribution < 1.29 is 19.1 Å². The van der Waals surface area contributed by atoms with E-state index in [1.807, 2.05) is 30.0 Å². The van der Waals surface area contributed by atoms with Crippen LogP contribution in [0, 0.1) is 12.8 Å². The number of aromatic amines is 1. The summed E-state index contributed by atoms with van der Waals surface area (Å²) in [6, 6.07) is 5.71. The summed E-state index contributed by atoms with van der Waals surface area (Å²) >= 11 is 0. The molecule has 9 heteroatoms. The van der Waals surface area contributed by atoms with Crippen molar-refractivity contribution in [2.75, 3.05) is 26.8 Å². The van der Waals surface area contributed by atoms with Gasteiger partial charge in [-0.1, -0.05) is 0 Å². The second-order valence-electron chi connectivity index (χ2n) is 9.44. The van der Waals surface area contributed by atoms with Crippen LogP contribution in [0.3, 0.4) is 0 Å². The van der Waals surface area contributed by atoms with Crippen LogP contribution >= 0.6 is 0 Å². The van der Waals surface area contributed by atoms with Gasteiger partial charge in [0.25, 0.3) is 5.91 Å². The lowest BCUT2D eigenvalue weighted by Crippen LogP contribution is -2.46. The van der Waals surface area contributed by atoms with Gasteiger partial charge in [0.1, 0.15) is 29.0 Å². The Labute approximate surface area is 204 Å². The molecule has 35 heavy (non-hydrogen) atoms. The van der Waals surface area contributed by atoms with E-state index in [4.69, 9.17) is 9.47 Å². The average molecular weight is 478 g/mol. The van der Waals surface area contributed by atoms with Crippen LogP contribution in [0.4, 0.5) is 0 Å². The molecule has 184 valence electrons. The minimum Gasteiger partial charge on any atom is -0.497 e. The largest absolute Gasteiger partial charge is 0.497 e. The van der Waals surface area contributed by atoms with Gasteiger partial charge in [0, 0.05) is 43.4 Å². The Balaban J connectivity index is 1.44. The molecular weight excluding hydrogens is 446 g/mol. The summed E-state index contributed by atoms with van der Waals surface area (Å²) in [5.74, 6) is 1.92. The van der Waals surface area contributed by atoms with E-state index in [1.54, 1.807) is 14.0 Å². The lowest BCUT2D eigenvalue weighted by Gasteiger charge is -2.31. The summed E-state index contributed by atoms with van der Waals surface area (Å²) in [5, 5.41) is 3.14.